The summed E-state index contributed by atoms with van der Waals surface area (Å²) in [6.07, 6.45) is 0. The van der Waals surface area contributed by atoms with Gasteiger partial charge in [0.1, 0.15) is 17.5 Å². The summed E-state index contributed by atoms with van der Waals surface area (Å²) < 4.78 is 1.81. The first-order chi connectivity index (χ1) is 10.0. The Morgan fingerprint density at radius 3 is 2.81 bits per heavy atom. The maximum atomic E-state index is 5.98. The predicted molar refractivity (Wildman–Crippen MR) is 82.0 cm³/mol. The van der Waals surface area contributed by atoms with Gasteiger partial charge in [-0.15, -0.1) is 0 Å². The first-order valence-electron chi connectivity index (χ1n) is 6.70. The second-order valence-electron chi connectivity index (χ2n) is 5.22. The number of aryl methyl sites for hydroxylation is 2. The Hall–Kier alpha value is -1.92. The van der Waals surface area contributed by atoms with Crippen molar-refractivity contribution in [2.75, 3.05) is 7.05 Å². The largest absolute Gasteiger partial charge is 0.341 e. The average molecular weight is 305 g/mol. The van der Waals surface area contributed by atoms with Gasteiger partial charge in [0.05, 0.1) is 24.1 Å². The van der Waals surface area contributed by atoms with Crippen molar-refractivity contribution in [3.63, 3.8) is 0 Å². The zero-order valence-electron chi connectivity index (χ0n) is 12.3. The number of rotatable bonds is 4. The van der Waals surface area contributed by atoms with E-state index in [1.165, 1.54) is 0 Å². The van der Waals surface area contributed by atoms with Crippen LogP contribution in [0, 0.1) is 6.92 Å². The molecule has 21 heavy (non-hydrogen) atoms. The molecule has 110 valence electrons. The van der Waals surface area contributed by atoms with Crippen LogP contribution < -0.4 is 0 Å². The van der Waals surface area contributed by atoms with E-state index in [1.807, 2.05) is 43.9 Å². The molecule has 0 unspecified atom stereocenters. The summed E-state index contributed by atoms with van der Waals surface area (Å²) in [4.78, 5) is 14.4. The van der Waals surface area contributed by atoms with Crippen LogP contribution in [0.25, 0.3) is 11.0 Å². The second-order valence-corrected chi connectivity index (χ2v) is 5.65. The number of halogens is 1. The first-order valence-corrected chi connectivity index (χ1v) is 7.08. The van der Waals surface area contributed by atoms with Gasteiger partial charge >= 0.3 is 0 Å². The van der Waals surface area contributed by atoms with E-state index in [0.29, 0.717) is 11.6 Å². The SMILES string of the molecule is Cc1nc(CN(C)Cc2nc3ccc(Cl)cc3[nH]2)n(C)n1. The predicted octanol–water partition coefficient (Wildman–Crippen LogP) is 2.29. The van der Waals surface area contributed by atoms with Crippen LogP contribution in [0.15, 0.2) is 18.2 Å². The van der Waals surface area contributed by atoms with Crippen LogP contribution in [0.3, 0.4) is 0 Å². The van der Waals surface area contributed by atoms with Gasteiger partial charge in [0.15, 0.2) is 0 Å². The van der Waals surface area contributed by atoms with Crippen molar-refractivity contribution in [2.45, 2.75) is 20.0 Å². The molecule has 0 fully saturated rings. The fourth-order valence-corrected chi connectivity index (χ4v) is 2.53. The minimum Gasteiger partial charge on any atom is -0.341 e. The standard InChI is InChI=1S/C14H17ClN6/c1-9-16-14(21(3)19-9)8-20(2)7-13-17-11-5-4-10(15)6-12(11)18-13/h4-6H,7-8H2,1-3H3,(H,17,18). The molecule has 0 aliphatic rings. The van der Waals surface area contributed by atoms with E-state index in [2.05, 4.69) is 25.0 Å². The normalized spacial score (nSPS) is 11.7. The van der Waals surface area contributed by atoms with E-state index in [0.717, 1.165) is 35.1 Å². The summed E-state index contributed by atoms with van der Waals surface area (Å²) in [5, 5.41) is 4.97. The number of imidazole rings is 1. The molecule has 1 N–H and O–H groups in total. The molecule has 1 aromatic carbocycles. The first kappa shape index (κ1) is 14.0. The molecule has 0 saturated heterocycles. The molecule has 3 aromatic rings. The summed E-state index contributed by atoms with van der Waals surface area (Å²) >= 11 is 5.98. The van der Waals surface area contributed by atoms with Crippen LogP contribution in [0.2, 0.25) is 5.02 Å². The van der Waals surface area contributed by atoms with E-state index >= 15 is 0 Å². The van der Waals surface area contributed by atoms with E-state index in [1.54, 1.807) is 0 Å². The highest BCUT2D eigenvalue weighted by molar-refractivity contribution is 6.31. The Kier molecular flexibility index (Phi) is 3.65. The molecule has 6 nitrogen and oxygen atoms in total. The fourth-order valence-electron chi connectivity index (χ4n) is 2.36. The van der Waals surface area contributed by atoms with E-state index in [9.17, 15) is 0 Å². The second kappa shape index (κ2) is 5.46. The fraction of sp³-hybridized carbons (Fsp3) is 0.357. The van der Waals surface area contributed by atoms with Crippen molar-refractivity contribution < 1.29 is 0 Å². The zero-order chi connectivity index (χ0) is 15.0. The average Bonchev–Trinajstić information content (AvgIpc) is 2.91. The maximum Gasteiger partial charge on any atom is 0.147 e. The van der Waals surface area contributed by atoms with Crippen molar-refractivity contribution >= 4 is 22.6 Å². The Bertz CT molecular complexity index is 775. The molecule has 0 amide bonds. The Morgan fingerprint density at radius 1 is 1.29 bits per heavy atom. The molecule has 0 atom stereocenters. The molecule has 0 spiro atoms. The highest BCUT2D eigenvalue weighted by atomic mass is 35.5. The third-order valence-electron chi connectivity index (χ3n) is 3.28. The molecule has 0 aliphatic heterocycles. The third kappa shape index (κ3) is 3.06. The summed E-state index contributed by atoms with van der Waals surface area (Å²) in [5.41, 5.74) is 1.89. The van der Waals surface area contributed by atoms with E-state index < -0.39 is 0 Å². The molecule has 2 aromatic heterocycles. The lowest BCUT2D eigenvalue weighted by molar-refractivity contribution is 0.299. The van der Waals surface area contributed by atoms with Gasteiger partial charge in [-0.25, -0.2) is 9.97 Å². The van der Waals surface area contributed by atoms with Gasteiger partial charge in [-0.3, -0.25) is 9.58 Å². The van der Waals surface area contributed by atoms with Gasteiger partial charge in [0.25, 0.3) is 0 Å². The summed E-state index contributed by atoms with van der Waals surface area (Å²) in [7, 11) is 3.94. The Labute approximate surface area is 127 Å². The number of H-pyrrole nitrogens is 1. The number of hydrogen-bond acceptors (Lipinski definition) is 4. The molecular weight excluding hydrogens is 288 g/mol. The molecular formula is C14H17ClN6. The van der Waals surface area contributed by atoms with Crippen LogP contribution in [0.5, 0.6) is 0 Å². The number of nitrogens with one attached hydrogen (secondary N) is 1. The van der Waals surface area contributed by atoms with Crippen molar-refractivity contribution in [3.8, 4) is 0 Å². The Balaban J connectivity index is 1.73. The number of benzene rings is 1. The van der Waals surface area contributed by atoms with Gasteiger partial charge in [-0.2, -0.15) is 5.10 Å². The lowest BCUT2D eigenvalue weighted by Crippen LogP contribution is -2.20. The van der Waals surface area contributed by atoms with E-state index in [-0.39, 0.29) is 0 Å². The molecule has 7 heteroatoms. The minimum atomic E-state index is 0.707. The van der Waals surface area contributed by atoms with Crippen LogP contribution >= 0.6 is 11.6 Å². The monoisotopic (exact) mass is 304 g/mol. The van der Waals surface area contributed by atoms with Crippen LogP contribution in [0.4, 0.5) is 0 Å². The quantitative estimate of drug-likeness (QED) is 0.803. The van der Waals surface area contributed by atoms with Gasteiger partial charge in [-0.05, 0) is 32.2 Å². The lowest BCUT2D eigenvalue weighted by Gasteiger charge is -2.13. The highest BCUT2D eigenvalue weighted by Gasteiger charge is 2.10. The number of fused-ring (bicyclic) bond motifs is 1. The van der Waals surface area contributed by atoms with Crippen LogP contribution in [0.1, 0.15) is 17.5 Å². The summed E-state index contributed by atoms with van der Waals surface area (Å²) in [6.45, 7) is 3.32. The number of aromatic nitrogens is 5. The maximum absolute atomic E-state index is 5.98. The van der Waals surface area contributed by atoms with Gasteiger partial charge < -0.3 is 4.98 Å². The number of hydrogen-bond donors (Lipinski definition) is 1. The van der Waals surface area contributed by atoms with Gasteiger partial charge in [0, 0.05) is 12.1 Å². The molecule has 0 bridgehead atoms. The zero-order valence-corrected chi connectivity index (χ0v) is 13.0. The summed E-state index contributed by atoms with van der Waals surface area (Å²) in [5.74, 6) is 2.64. The lowest BCUT2D eigenvalue weighted by atomic mass is 10.3. The topological polar surface area (TPSA) is 62.6 Å². The van der Waals surface area contributed by atoms with Gasteiger partial charge in [-0.1, -0.05) is 11.6 Å². The third-order valence-corrected chi connectivity index (χ3v) is 3.52. The number of aromatic amines is 1. The van der Waals surface area contributed by atoms with Crippen molar-refractivity contribution in [1.82, 2.24) is 29.6 Å². The number of nitrogens with zero attached hydrogens (tertiary/aromatic N) is 5. The van der Waals surface area contributed by atoms with Crippen molar-refractivity contribution in [3.05, 3.63) is 40.7 Å². The van der Waals surface area contributed by atoms with Crippen LogP contribution in [-0.4, -0.2) is 36.7 Å². The van der Waals surface area contributed by atoms with Crippen molar-refractivity contribution in [1.29, 1.82) is 0 Å². The van der Waals surface area contributed by atoms with Crippen LogP contribution in [-0.2, 0) is 20.1 Å². The van der Waals surface area contributed by atoms with Gasteiger partial charge in [0.2, 0.25) is 0 Å². The smallest absolute Gasteiger partial charge is 0.147 e. The molecule has 2 heterocycles. The molecule has 0 radical (unpaired) electrons. The van der Waals surface area contributed by atoms with Crippen molar-refractivity contribution in [2.24, 2.45) is 7.05 Å². The minimum absolute atomic E-state index is 0.707. The summed E-state index contributed by atoms with van der Waals surface area (Å²) in [6, 6.07) is 5.66. The molecule has 0 saturated carbocycles. The highest BCUT2D eigenvalue weighted by Crippen LogP contribution is 2.17. The molecule has 3 rings (SSSR count). The molecule has 0 aliphatic carbocycles. The van der Waals surface area contributed by atoms with E-state index in [4.69, 9.17) is 11.6 Å². The Morgan fingerprint density at radius 2 is 2.10 bits per heavy atom.